The summed E-state index contributed by atoms with van der Waals surface area (Å²) in [6.45, 7) is 6.55. The van der Waals surface area contributed by atoms with Gasteiger partial charge >= 0.3 is 18.9 Å². The molecule has 128 valence electrons. The second-order valence-corrected chi connectivity index (χ2v) is 8.08. The average Bonchev–Trinajstić information content (AvgIpc) is 2.56. The average molecular weight is 376 g/mol. The molecule has 4 heteroatoms. The molecule has 0 fully saturated rings. The van der Waals surface area contributed by atoms with Crippen LogP contribution in [0.1, 0.15) is 26.3 Å². The molecule has 1 nitrogen and oxygen atoms in total. The minimum absolute atomic E-state index is 0. The maximum atomic E-state index is 8.76. The first-order chi connectivity index (χ1) is 11.8. The SMILES string of the molecule is CC(C)(C)c1cc(-c2ccc(Cl)cc2)c([NH-])c(-c2ccc(Cl)cc2)c1.[Li+]. The van der Waals surface area contributed by atoms with Gasteiger partial charge in [-0.25, -0.2) is 0 Å². The molecule has 0 spiro atoms. The Kier molecular flexibility index (Phi) is 6.54. The van der Waals surface area contributed by atoms with Gasteiger partial charge in [-0.3, -0.25) is 0 Å². The number of rotatable bonds is 2. The molecule has 0 unspecified atom stereocenters. The Bertz CT molecular complexity index is 828. The molecule has 0 aliphatic rings. The summed E-state index contributed by atoms with van der Waals surface area (Å²) < 4.78 is 0. The fourth-order valence-electron chi connectivity index (χ4n) is 2.79. The summed E-state index contributed by atoms with van der Waals surface area (Å²) in [6.07, 6.45) is 0. The van der Waals surface area contributed by atoms with Crippen molar-refractivity contribution >= 4 is 28.9 Å². The summed E-state index contributed by atoms with van der Waals surface area (Å²) in [4.78, 5) is 0. The van der Waals surface area contributed by atoms with Crippen LogP contribution in [0.25, 0.3) is 28.0 Å². The van der Waals surface area contributed by atoms with E-state index < -0.39 is 0 Å². The molecule has 0 saturated carbocycles. The zero-order valence-electron chi connectivity index (χ0n) is 15.5. The normalized spacial score (nSPS) is 11.1. The van der Waals surface area contributed by atoms with E-state index in [-0.39, 0.29) is 24.3 Å². The molecule has 1 N–H and O–H groups in total. The third kappa shape index (κ3) is 4.48. The molecule has 3 aromatic rings. The van der Waals surface area contributed by atoms with Crippen LogP contribution in [0.3, 0.4) is 0 Å². The molecular formula is C22H20Cl2LiN. The number of hydrogen-bond acceptors (Lipinski definition) is 0. The Morgan fingerprint density at radius 3 is 1.35 bits per heavy atom. The maximum absolute atomic E-state index is 8.76. The van der Waals surface area contributed by atoms with E-state index in [4.69, 9.17) is 28.9 Å². The van der Waals surface area contributed by atoms with Gasteiger partial charge in [0.15, 0.2) is 0 Å². The first-order valence-electron chi connectivity index (χ1n) is 8.18. The van der Waals surface area contributed by atoms with Crippen LogP contribution >= 0.6 is 23.2 Å². The van der Waals surface area contributed by atoms with Gasteiger partial charge < -0.3 is 5.73 Å². The second kappa shape index (κ2) is 8.11. The molecular weight excluding hydrogens is 356 g/mol. The minimum atomic E-state index is -0.0178. The van der Waals surface area contributed by atoms with Crippen molar-refractivity contribution in [3.8, 4) is 22.3 Å². The van der Waals surface area contributed by atoms with Crippen molar-refractivity contribution < 1.29 is 18.9 Å². The third-order valence-corrected chi connectivity index (χ3v) is 4.82. The van der Waals surface area contributed by atoms with Crippen molar-refractivity contribution in [1.29, 1.82) is 0 Å². The summed E-state index contributed by atoms with van der Waals surface area (Å²) in [7, 11) is 0. The molecule has 0 aliphatic carbocycles. The topological polar surface area (TPSA) is 23.8 Å². The molecule has 0 atom stereocenters. The van der Waals surface area contributed by atoms with Crippen LogP contribution in [0.4, 0.5) is 5.69 Å². The van der Waals surface area contributed by atoms with E-state index in [1.54, 1.807) is 0 Å². The van der Waals surface area contributed by atoms with Gasteiger partial charge in [0, 0.05) is 10.0 Å². The largest absolute Gasteiger partial charge is 1.00 e. The Balaban J connectivity index is 0.00000243. The monoisotopic (exact) mass is 375 g/mol. The summed E-state index contributed by atoms with van der Waals surface area (Å²) >= 11 is 12.1. The Morgan fingerprint density at radius 1 is 0.692 bits per heavy atom. The van der Waals surface area contributed by atoms with Crippen LogP contribution in [-0.4, -0.2) is 0 Å². The molecule has 3 rings (SSSR count). The van der Waals surface area contributed by atoms with Gasteiger partial charge in [0.2, 0.25) is 0 Å². The van der Waals surface area contributed by atoms with Crippen molar-refractivity contribution in [2.75, 3.05) is 0 Å². The maximum Gasteiger partial charge on any atom is 1.00 e. The van der Waals surface area contributed by atoms with Crippen LogP contribution in [0.5, 0.6) is 0 Å². The molecule has 26 heavy (non-hydrogen) atoms. The van der Waals surface area contributed by atoms with Crippen molar-refractivity contribution in [2.45, 2.75) is 26.2 Å². The van der Waals surface area contributed by atoms with Crippen LogP contribution in [0.15, 0.2) is 60.7 Å². The fraction of sp³-hybridized carbons (Fsp3) is 0.182. The number of nitrogens with one attached hydrogen (secondary N) is 1. The van der Waals surface area contributed by atoms with Crippen LogP contribution in [-0.2, 0) is 5.41 Å². The predicted octanol–water partition coefficient (Wildman–Crippen LogP) is 5.31. The Labute approximate surface area is 177 Å². The van der Waals surface area contributed by atoms with E-state index >= 15 is 0 Å². The van der Waals surface area contributed by atoms with Crippen LogP contribution in [0, 0.1) is 0 Å². The van der Waals surface area contributed by atoms with E-state index in [9.17, 15) is 0 Å². The van der Waals surface area contributed by atoms with Gasteiger partial charge in [-0.2, -0.15) is 0 Å². The zero-order chi connectivity index (χ0) is 18.2. The quantitative estimate of drug-likeness (QED) is 0.541. The third-order valence-electron chi connectivity index (χ3n) is 4.31. The summed E-state index contributed by atoms with van der Waals surface area (Å²) in [5.74, 6) is 0. The van der Waals surface area contributed by atoms with Gasteiger partial charge in [-0.05, 0) is 57.5 Å². The van der Waals surface area contributed by atoms with Crippen molar-refractivity contribution in [3.63, 3.8) is 0 Å². The zero-order valence-corrected chi connectivity index (χ0v) is 17.0. The van der Waals surface area contributed by atoms with Gasteiger partial charge in [-0.15, -0.1) is 5.69 Å². The van der Waals surface area contributed by atoms with Gasteiger partial charge in [0.25, 0.3) is 0 Å². The van der Waals surface area contributed by atoms with E-state index in [0.29, 0.717) is 15.7 Å². The fourth-order valence-corrected chi connectivity index (χ4v) is 3.04. The standard InChI is InChI=1S/C22H20Cl2N.Li/c1-22(2,3)16-12-19(14-4-8-17(23)9-5-14)21(25)20(13-16)15-6-10-18(24)11-7-15;/h4-13,25H,1-3H3;/q-1;+1. The van der Waals surface area contributed by atoms with Crippen molar-refractivity contribution in [2.24, 2.45) is 0 Å². The molecule has 0 bridgehead atoms. The molecule has 0 heterocycles. The van der Waals surface area contributed by atoms with Crippen molar-refractivity contribution in [1.82, 2.24) is 0 Å². The van der Waals surface area contributed by atoms with Gasteiger partial charge in [-0.1, -0.05) is 80.4 Å². The number of hydrogen-bond donors (Lipinski definition) is 0. The molecule has 3 aromatic carbocycles. The second-order valence-electron chi connectivity index (χ2n) is 7.21. The van der Waals surface area contributed by atoms with E-state index in [1.165, 1.54) is 5.56 Å². The van der Waals surface area contributed by atoms with Crippen molar-refractivity contribution in [3.05, 3.63) is 82.0 Å². The Morgan fingerprint density at radius 2 is 1.04 bits per heavy atom. The predicted molar refractivity (Wildman–Crippen MR) is 110 cm³/mol. The molecule has 0 radical (unpaired) electrons. The summed E-state index contributed by atoms with van der Waals surface area (Å²) in [6, 6.07) is 19.5. The van der Waals surface area contributed by atoms with E-state index in [2.05, 4.69) is 32.9 Å². The summed E-state index contributed by atoms with van der Waals surface area (Å²) in [5, 5.41) is 1.39. The Hall–Kier alpha value is -1.36. The molecule has 0 amide bonds. The van der Waals surface area contributed by atoms with Crippen LogP contribution in [0.2, 0.25) is 10.0 Å². The van der Waals surface area contributed by atoms with E-state index in [0.717, 1.165) is 22.3 Å². The minimum Gasteiger partial charge on any atom is -0.698 e. The van der Waals surface area contributed by atoms with E-state index in [1.807, 2.05) is 48.5 Å². The number of halogens is 2. The molecule has 0 saturated heterocycles. The molecule has 0 aromatic heterocycles. The van der Waals surface area contributed by atoms with Gasteiger partial charge in [0.1, 0.15) is 0 Å². The molecule has 0 aliphatic heterocycles. The van der Waals surface area contributed by atoms with Crippen LogP contribution < -0.4 is 18.9 Å². The first kappa shape index (κ1) is 20.9. The summed E-state index contributed by atoms with van der Waals surface area (Å²) in [5.41, 5.74) is 14.3. The smallest absolute Gasteiger partial charge is 0.698 e. The number of benzene rings is 3. The van der Waals surface area contributed by atoms with Gasteiger partial charge in [0.05, 0.1) is 0 Å². The first-order valence-corrected chi connectivity index (χ1v) is 8.93.